The van der Waals surface area contributed by atoms with E-state index in [1.54, 1.807) is 11.0 Å². The Kier molecular flexibility index (Phi) is 4.74. The van der Waals surface area contributed by atoms with E-state index in [0.29, 0.717) is 29.8 Å². The van der Waals surface area contributed by atoms with Crippen LogP contribution in [0.5, 0.6) is 0 Å². The van der Waals surface area contributed by atoms with Crippen LogP contribution in [0.3, 0.4) is 0 Å². The second-order valence-electron chi connectivity index (χ2n) is 7.95. The molecule has 2 atom stereocenters. The first-order valence-electron chi connectivity index (χ1n) is 9.17. The number of fused-ring (bicyclic) bond motifs is 1. The average molecular weight is 353 g/mol. The Morgan fingerprint density at radius 2 is 2.00 bits per heavy atom. The molecule has 0 saturated heterocycles. The fourth-order valence-electron chi connectivity index (χ4n) is 3.75. The Labute approximate surface area is 154 Å². The van der Waals surface area contributed by atoms with Crippen molar-refractivity contribution in [3.8, 4) is 0 Å². The SMILES string of the molecule is CCN(Cc1nc2ccccc2c(=O)[nH]1)C(=O)[C@@H]1[C@@H](C=C(C)C)C1(C)C. The third kappa shape index (κ3) is 3.30. The number of nitrogens with zero attached hydrogens (tertiary/aromatic N) is 2. The maximum absolute atomic E-state index is 13.1. The number of nitrogens with one attached hydrogen (secondary N) is 1. The van der Waals surface area contributed by atoms with E-state index in [1.165, 1.54) is 5.57 Å². The molecule has 1 heterocycles. The molecule has 26 heavy (non-hydrogen) atoms. The lowest BCUT2D eigenvalue weighted by molar-refractivity contribution is -0.134. The highest BCUT2D eigenvalue weighted by molar-refractivity contribution is 5.84. The molecule has 0 unspecified atom stereocenters. The molecule has 0 aliphatic heterocycles. The monoisotopic (exact) mass is 353 g/mol. The van der Waals surface area contributed by atoms with Gasteiger partial charge in [-0.2, -0.15) is 0 Å². The fourth-order valence-corrected chi connectivity index (χ4v) is 3.75. The number of benzene rings is 1. The summed E-state index contributed by atoms with van der Waals surface area (Å²) in [7, 11) is 0. The molecule has 1 N–H and O–H groups in total. The first-order chi connectivity index (χ1) is 12.3. The van der Waals surface area contributed by atoms with E-state index in [0.717, 1.165) is 0 Å². The standard InChI is InChI=1S/C21H27N3O2/c1-6-24(20(26)18-15(11-13(2)3)21(18,4)5)12-17-22-16-10-8-7-9-14(16)19(25)23-17/h7-11,15,18H,6,12H2,1-5H3,(H,22,23,25)/t15-,18+/m1/s1. The fraction of sp³-hybridized carbons (Fsp3) is 0.476. The van der Waals surface area contributed by atoms with Crippen LogP contribution in [0.25, 0.3) is 10.9 Å². The van der Waals surface area contributed by atoms with E-state index < -0.39 is 0 Å². The lowest BCUT2D eigenvalue weighted by Gasteiger charge is -2.21. The number of carbonyl (C=O) groups is 1. The molecule has 1 saturated carbocycles. The minimum atomic E-state index is -0.164. The minimum Gasteiger partial charge on any atom is -0.335 e. The molecule has 1 amide bonds. The van der Waals surface area contributed by atoms with Crippen molar-refractivity contribution in [1.82, 2.24) is 14.9 Å². The highest BCUT2D eigenvalue weighted by Crippen LogP contribution is 2.60. The van der Waals surface area contributed by atoms with E-state index in [2.05, 4.69) is 43.7 Å². The first kappa shape index (κ1) is 18.4. The summed E-state index contributed by atoms with van der Waals surface area (Å²) in [6, 6.07) is 7.25. The van der Waals surface area contributed by atoms with Crippen LogP contribution in [-0.4, -0.2) is 27.3 Å². The van der Waals surface area contributed by atoms with E-state index in [4.69, 9.17) is 0 Å². The number of carbonyl (C=O) groups excluding carboxylic acids is 1. The Balaban J connectivity index is 1.83. The lowest BCUT2D eigenvalue weighted by Crippen LogP contribution is -2.34. The molecule has 5 heteroatoms. The minimum absolute atomic E-state index is 0.00970. The lowest BCUT2D eigenvalue weighted by atomic mass is 10.1. The molecule has 1 aliphatic carbocycles. The molecular weight excluding hydrogens is 326 g/mol. The summed E-state index contributed by atoms with van der Waals surface area (Å²) in [6.07, 6.45) is 2.20. The third-order valence-electron chi connectivity index (χ3n) is 5.39. The maximum atomic E-state index is 13.1. The Bertz CT molecular complexity index is 922. The largest absolute Gasteiger partial charge is 0.335 e. The van der Waals surface area contributed by atoms with Crippen molar-refractivity contribution < 1.29 is 4.79 Å². The zero-order valence-electron chi connectivity index (χ0n) is 16.2. The van der Waals surface area contributed by atoms with Crippen molar-refractivity contribution in [3.05, 3.63) is 52.1 Å². The number of allylic oxidation sites excluding steroid dienone is 2. The van der Waals surface area contributed by atoms with E-state index in [9.17, 15) is 9.59 Å². The van der Waals surface area contributed by atoms with Crippen LogP contribution in [0, 0.1) is 17.3 Å². The van der Waals surface area contributed by atoms with Gasteiger partial charge in [-0.25, -0.2) is 4.98 Å². The number of hydrogen-bond donors (Lipinski definition) is 1. The smallest absolute Gasteiger partial charge is 0.258 e. The summed E-state index contributed by atoms with van der Waals surface area (Å²) in [6.45, 7) is 11.3. The van der Waals surface area contributed by atoms with Gasteiger partial charge >= 0.3 is 0 Å². The predicted molar refractivity (Wildman–Crippen MR) is 104 cm³/mol. The van der Waals surface area contributed by atoms with Crippen molar-refractivity contribution in [2.24, 2.45) is 17.3 Å². The molecule has 138 valence electrons. The first-order valence-corrected chi connectivity index (χ1v) is 9.17. The topological polar surface area (TPSA) is 66.1 Å². The normalized spacial score (nSPS) is 20.7. The van der Waals surface area contributed by atoms with Crippen LogP contribution < -0.4 is 5.56 Å². The van der Waals surface area contributed by atoms with Crippen LogP contribution in [0.4, 0.5) is 0 Å². The Morgan fingerprint density at radius 3 is 2.65 bits per heavy atom. The van der Waals surface area contributed by atoms with Crippen molar-refractivity contribution >= 4 is 16.8 Å². The zero-order valence-corrected chi connectivity index (χ0v) is 16.2. The van der Waals surface area contributed by atoms with Gasteiger partial charge in [0, 0.05) is 6.54 Å². The molecule has 0 radical (unpaired) electrons. The summed E-state index contributed by atoms with van der Waals surface area (Å²) in [4.78, 5) is 34.5. The van der Waals surface area contributed by atoms with Gasteiger partial charge in [-0.1, -0.05) is 37.6 Å². The third-order valence-corrected chi connectivity index (χ3v) is 5.39. The molecular formula is C21H27N3O2. The molecule has 5 nitrogen and oxygen atoms in total. The predicted octanol–water partition coefficient (Wildman–Crippen LogP) is 3.51. The number of aromatic nitrogens is 2. The van der Waals surface area contributed by atoms with Crippen molar-refractivity contribution in [1.29, 1.82) is 0 Å². The van der Waals surface area contributed by atoms with E-state index in [1.807, 2.05) is 25.1 Å². The second-order valence-corrected chi connectivity index (χ2v) is 7.95. The quantitative estimate of drug-likeness (QED) is 0.837. The summed E-state index contributed by atoms with van der Waals surface area (Å²) in [5.41, 5.74) is 1.71. The molecule has 0 spiro atoms. The van der Waals surface area contributed by atoms with Gasteiger partial charge in [-0.3, -0.25) is 9.59 Å². The molecule has 1 aliphatic rings. The molecule has 2 aromatic rings. The highest BCUT2D eigenvalue weighted by atomic mass is 16.2. The average Bonchev–Trinajstić information content (AvgIpc) is 3.11. The summed E-state index contributed by atoms with van der Waals surface area (Å²) >= 11 is 0. The van der Waals surface area contributed by atoms with Crippen LogP contribution in [0.15, 0.2) is 40.7 Å². The van der Waals surface area contributed by atoms with Crippen LogP contribution in [0.2, 0.25) is 0 Å². The summed E-state index contributed by atoms with van der Waals surface area (Å²) < 4.78 is 0. The Morgan fingerprint density at radius 1 is 1.31 bits per heavy atom. The maximum Gasteiger partial charge on any atom is 0.258 e. The van der Waals surface area contributed by atoms with Gasteiger partial charge in [0.05, 0.1) is 23.4 Å². The van der Waals surface area contributed by atoms with Crippen molar-refractivity contribution in [2.75, 3.05) is 6.54 Å². The van der Waals surface area contributed by atoms with Crippen LogP contribution in [0.1, 0.15) is 40.4 Å². The number of hydrogen-bond acceptors (Lipinski definition) is 3. The van der Waals surface area contributed by atoms with E-state index in [-0.39, 0.29) is 28.7 Å². The van der Waals surface area contributed by atoms with Gasteiger partial charge < -0.3 is 9.88 Å². The van der Waals surface area contributed by atoms with Gasteiger partial charge in [0.2, 0.25) is 5.91 Å². The molecule has 1 aromatic heterocycles. The number of H-pyrrole nitrogens is 1. The number of rotatable bonds is 5. The van der Waals surface area contributed by atoms with Gasteiger partial charge in [-0.05, 0) is 44.2 Å². The second kappa shape index (κ2) is 6.71. The van der Waals surface area contributed by atoms with Gasteiger partial charge in [0.25, 0.3) is 5.56 Å². The molecule has 1 aromatic carbocycles. The Hall–Kier alpha value is -2.43. The van der Waals surface area contributed by atoms with Gasteiger partial charge in [-0.15, -0.1) is 0 Å². The zero-order chi connectivity index (χ0) is 19.1. The summed E-state index contributed by atoms with van der Waals surface area (Å²) in [5.74, 6) is 0.930. The van der Waals surface area contributed by atoms with E-state index >= 15 is 0 Å². The number of amides is 1. The number of para-hydroxylation sites is 1. The van der Waals surface area contributed by atoms with Gasteiger partial charge in [0.15, 0.2) is 0 Å². The summed E-state index contributed by atoms with van der Waals surface area (Å²) in [5, 5.41) is 0.567. The molecule has 1 fully saturated rings. The van der Waals surface area contributed by atoms with Crippen molar-refractivity contribution in [3.63, 3.8) is 0 Å². The van der Waals surface area contributed by atoms with Crippen LogP contribution >= 0.6 is 0 Å². The molecule has 0 bridgehead atoms. The highest BCUT2D eigenvalue weighted by Gasteiger charge is 2.61. The number of aromatic amines is 1. The van der Waals surface area contributed by atoms with Crippen LogP contribution in [-0.2, 0) is 11.3 Å². The van der Waals surface area contributed by atoms with Crippen molar-refractivity contribution in [2.45, 2.75) is 41.2 Å². The van der Waals surface area contributed by atoms with Gasteiger partial charge in [0.1, 0.15) is 5.82 Å². The molecule has 3 rings (SSSR count).